The number of ether oxygens (including phenoxy) is 1. The summed E-state index contributed by atoms with van der Waals surface area (Å²) >= 11 is 0. The molecule has 1 fully saturated rings. The monoisotopic (exact) mass is 458 g/mol. The Balaban J connectivity index is 1.64. The first kappa shape index (κ1) is 22.0. The van der Waals surface area contributed by atoms with Gasteiger partial charge in [-0.3, -0.25) is 4.79 Å². The van der Waals surface area contributed by atoms with Crippen LogP contribution in [0, 0.1) is 12.7 Å². The van der Waals surface area contributed by atoms with Crippen molar-refractivity contribution in [3.63, 3.8) is 0 Å². The largest absolute Gasteiger partial charge is 0.497 e. The number of aryl methyl sites for hydroxylation is 1. The summed E-state index contributed by atoms with van der Waals surface area (Å²) in [4.78, 5) is 14.9. The second-order valence-electron chi connectivity index (χ2n) is 7.88. The average Bonchev–Trinajstić information content (AvgIpc) is 3.40. The summed E-state index contributed by atoms with van der Waals surface area (Å²) in [5.41, 5.74) is 1.79. The summed E-state index contributed by atoms with van der Waals surface area (Å²) in [5, 5.41) is 3.89. The van der Waals surface area contributed by atoms with Crippen LogP contribution in [0.1, 0.15) is 28.0 Å². The maximum absolute atomic E-state index is 13.9. The molecule has 3 aromatic rings. The van der Waals surface area contributed by atoms with Crippen LogP contribution in [-0.2, 0) is 16.4 Å². The number of methoxy groups -OCH3 is 1. The van der Waals surface area contributed by atoms with E-state index in [1.54, 1.807) is 38.3 Å². The number of carbonyl (C=O) groups excluding carboxylic acids is 1. The highest BCUT2D eigenvalue weighted by Crippen LogP contribution is 2.26. The molecule has 0 bridgehead atoms. The molecule has 0 saturated carbocycles. The molecule has 1 aliphatic heterocycles. The number of nitrogens with zero attached hydrogens (tertiary/aromatic N) is 2. The third-order valence-electron chi connectivity index (χ3n) is 5.58. The first-order chi connectivity index (χ1) is 15.3. The molecule has 0 radical (unpaired) electrons. The molecule has 9 heteroatoms. The summed E-state index contributed by atoms with van der Waals surface area (Å²) in [6, 6.07) is 12.8. The molecular formula is C23H23FN2O5S. The summed E-state index contributed by atoms with van der Waals surface area (Å²) in [6.45, 7) is 1.85. The fraction of sp³-hybridized carbons (Fsp3) is 0.304. The van der Waals surface area contributed by atoms with E-state index >= 15 is 0 Å². The van der Waals surface area contributed by atoms with E-state index in [0.717, 1.165) is 5.56 Å². The van der Waals surface area contributed by atoms with E-state index in [0.29, 0.717) is 23.3 Å². The van der Waals surface area contributed by atoms with Crippen molar-refractivity contribution in [3.8, 4) is 17.1 Å². The lowest BCUT2D eigenvalue weighted by molar-refractivity contribution is 0.0670. The minimum Gasteiger partial charge on any atom is -0.497 e. The molecule has 1 unspecified atom stereocenters. The Labute approximate surface area is 185 Å². The Morgan fingerprint density at radius 2 is 2.06 bits per heavy atom. The summed E-state index contributed by atoms with van der Waals surface area (Å²) in [6.07, 6.45) is 0.353. The van der Waals surface area contributed by atoms with Crippen LogP contribution < -0.4 is 4.74 Å². The first-order valence-corrected chi connectivity index (χ1v) is 12.0. The number of hydrogen-bond acceptors (Lipinski definition) is 6. The standard InChI is InChI=1S/C23H23FN2O5S/c1-15-6-7-17(11-20(15)24)22-12-21(25-31-22)23(27)26(18-8-9-32(28,29)14-18)13-16-4-3-5-19(10-16)30-2/h3-7,10-12,18H,8-9,13-14H2,1-2H3. The third-order valence-corrected chi connectivity index (χ3v) is 7.33. The van der Waals surface area contributed by atoms with Gasteiger partial charge in [0.1, 0.15) is 11.6 Å². The predicted molar refractivity (Wildman–Crippen MR) is 117 cm³/mol. The van der Waals surface area contributed by atoms with Gasteiger partial charge >= 0.3 is 0 Å². The van der Waals surface area contributed by atoms with Gasteiger partial charge in [-0.25, -0.2) is 12.8 Å². The van der Waals surface area contributed by atoms with E-state index in [2.05, 4.69) is 5.16 Å². The molecule has 1 aliphatic rings. The topological polar surface area (TPSA) is 89.7 Å². The van der Waals surface area contributed by atoms with Gasteiger partial charge in [-0.15, -0.1) is 0 Å². The van der Waals surface area contributed by atoms with Gasteiger partial charge in [-0.05, 0) is 42.7 Å². The highest BCUT2D eigenvalue weighted by Gasteiger charge is 2.36. The van der Waals surface area contributed by atoms with Crippen molar-refractivity contribution in [2.45, 2.75) is 25.9 Å². The normalized spacial score (nSPS) is 17.3. The van der Waals surface area contributed by atoms with Crippen molar-refractivity contribution in [1.82, 2.24) is 10.1 Å². The van der Waals surface area contributed by atoms with E-state index in [9.17, 15) is 17.6 Å². The molecule has 2 aromatic carbocycles. The van der Waals surface area contributed by atoms with Gasteiger partial charge < -0.3 is 14.2 Å². The highest BCUT2D eigenvalue weighted by molar-refractivity contribution is 7.91. The van der Waals surface area contributed by atoms with Crippen LogP contribution in [0.4, 0.5) is 4.39 Å². The van der Waals surface area contributed by atoms with Crippen molar-refractivity contribution in [3.05, 3.63) is 71.2 Å². The zero-order chi connectivity index (χ0) is 22.9. The second-order valence-corrected chi connectivity index (χ2v) is 10.1. The van der Waals surface area contributed by atoms with Crippen molar-refractivity contribution in [2.24, 2.45) is 0 Å². The second kappa shape index (κ2) is 8.74. The maximum Gasteiger partial charge on any atom is 0.276 e. The molecule has 2 heterocycles. The molecule has 0 spiro atoms. The van der Waals surface area contributed by atoms with Crippen LogP contribution in [-0.4, -0.2) is 49.0 Å². The number of sulfone groups is 1. The predicted octanol–water partition coefficient (Wildman–Crippen LogP) is 3.63. The lowest BCUT2D eigenvalue weighted by Crippen LogP contribution is -2.40. The Morgan fingerprint density at radius 3 is 2.75 bits per heavy atom. The molecule has 4 rings (SSSR count). The van der Waals surface area contributed by atoms with E-state index < -0.39 is 21.8 Å². The Hall–Kier alpha value is -3.20. The quantitative estimate of drug-likeness (QED) is 0.560. The zero-order valence-electron chi connectivity index (χ0n) is 17.7. The Kier molecular flexibility index (Phi) is 6.01. The smallest absolute Gasteiger partial charge is 0.276 e. The summed E-state index contributed by atoms with van der Waals surface area (Å²) in [7, 11) is -1.66. The number of amides is 1. The minimum atomic E-state index is -3.21. The molecule has 0 N–H and O–H groups in total. The van der Waals surface area contributed by atoms with Crippen LogP contribution >= 0.6 is 0 Å². The molecule has 168 valence electrons. The number of carbonyl (C=O) groups is 1. The van der Waals surface area contributed by atoms with Crippen LogP contribution in [0.25, 0.3) is 11.3 Å². The molecule has 1 atom stereocenters. The van der Waals surface area contributed by atoms with E-state index in [1.807, 2.05) is 12.1 Å². The van der Waals surface area contributed by atoms with Crippen LogP contribution in [0.2, 0.25) is 0 Å². The molecule has 32 heavy (non-hydrogen) atoms. The Morgan fingerprint density at radius 1 is 1.25 bits per heavy atom. The van der Waals surface area contributed by atoms with Gasteiger partial charge in [0.05, 0.1) is 18.6 Å². The molecule has 1 aromatic heterocycles. The van der Waals surface area contributed by atoms with Crippen molar-refractivity contribution in [2.75, 3.05) is 18.6 Å². The average molecular weight is 459 g/mol. The lowest BCUT2D eigenvalue weighted by Gasteiger charge is -2.27. The fourth-order valence-electron chi connectivity index (χ4n) is 3.76. The molecule has 1 saturated heterocycles. The molecular weight excluding hydrogens is 435 g/mol. The van der Waals surface area contributed by atoms with Gasteiger partial charge in [0, 0.05) is 24.2 Å². The zero-order valence-corrected chi connectivity index (χ0v) is 18.6. The molecule has 1 amide bonds. The van der Waals surface area contributed by atoms with Crippen molar-refractivity contribution >= 4 is 15.7 Å². The van der Waals surface area contributed by atoms with Gasteiger partial charge in [0.25, 0.3) is 5.91 Å². The molecule has 7 nitrogen and oxygen atoms in total. The number of aromatic nitrogens is 1. The first-order valence-electron chi connectivity index (χ1n) is 10.1. The fourth-order valence-corrected chi connectivity index (χ4v) is 5.49. The number of hydrogen-bond donors (Lipinski definition) is 0. The van der Waals surface area contributed by atoms with Crippen LogP contribution in [0.15, 0.2) is 53.1 Å². The Bertz CT molecular complexity index is 1250. The van der Waals surface area contributed by atoms with E-state index in [1.165, 1.54) is 17.0 Å². The number of benzene rings is 2. The van der Waals surface area contributed by atoms with Crippen LogP contribution in [0.5, 0.6) is 5.75 Å². The van der Waals surface area contributed by atoms with Crippen molar-refractivity contribution < 1.29 is 26.9 Å². The third kappa shape index (κ3) is 4.67. The number of halogens is 1. The van der Waals surface area contributed by atoms with Gasteiger partial charge in [0.2, 0.25) is 0 Å². The highest BCUT2D eigenvalue weighted by atomic mass is 32.2. The van der Waals surface area contributed by atoms with Gasteiger partial charge in [-0.2, -0.15) is 0 Å². The number of rotatable bonds is 6. The van der Waals surface area contributed by atoms with Gasteiger partial charge in [0.15, 0.2) is 21.3 Å². The van der Waals surface area contributed by atoms with E-state index in [4.69, 9.17) is 9.26 Å². The maximum atomic E-state index is 13.9. The van der Waals surface area contributed by atoms with Gasteiger partial charge in [-0.1, -0.05) is 29.4 Å². The minimum absolute atomic E-state index is 0.0340. The summed E-state index contributed by atoms with van der Waals surface area (Å²) < 4.78 is 48.6. The molecule has 0 aliphatic carbocycles. The SMILES string of the molecule is COc1cccc(CN(C(=O)c2cc(-c3ccc(C)c(F)c3)on2)C2CCS(=O)(=O)C2)c1. The van der Waals surface area contributed by atoms with Crippen LogP contribution in [0.3, 0.4) is 0 Å². The summed E-state index contributed by atoms with van der Waals surface area (Å²) in [5.74, 6) is -0.00478. The van der Waals surface area contributed by atoms with E-state index in [-0.39, 0.29) is 35.3 Å². The van der Waals surface area contributed by atoms with Crippen molar-refractivity contribution in [1.29, 1.82) is 0 Å². The lowest BCUT2D eigenvalue weighted by atomic mass is 10.1.